The zero-order valence-electron chi connectivity index (χ0n) is 17.4. The number of likely N-dealkylation sites (tertiary alicyclic amines) is 1. The van der Waals surface area contributed by atoms with Gasteiger partial charge >= 0.3 is 6.09 Å². The van der Waals surface area contributed by atoms with Crippen molar-refractivity contribution in [3.05, 3.63) is 0 Å². The summed E-state index contributed by atoms with van der Waals surface area (Å²) in [4.78, 5) is 26.7. The molecule has 0 aromatic heterocycles. The lowest BCUT2D eigenvalue weighted by Crippen LogP contribution is -2.45. The zero-order valence-corrected chi connectivity index (χ0v) is 17.4. The molecule has 5 heteroatoms. The molecule has 0 radical (unpaired) electrons. The van der Waals surface area contributed by atoms with Gasteiger partial charge in [0.05, 0.1) is 5.41 Å². The Morgan fingerprint density at radius 3 is 2.19 bits per heavy atom. The summed E-state index contributed by atoms with van der Waals surface area (Å²) in [5.74, 6) is 0.819. The van der Waals surface area contributed by atoms with E-state index in [9.17, 15) is 9.59 Å². The number of hydrogen-bond donors (Lipinski definition) is 1. The first-order valence-electron chi connectivity index (χ1n) is 10.6. The molecule has 1 heterocycles. The summed E-state index contributed by atoms with van der Waals surface area (Å²) in [5.41, 5.74) is -0.558. The molecule has 2 amide bonds. The molecule has 1 aliphatic heterocycles. The van der Waals surface area contributed by atoms with Crippen molar-refractivity contribution in [2.75, 3.05) is 13.1 Å². The van der Waals surface area contributed by atoms with E-state index in [4.69, 9.17) is 4.74 Å². The Bertz CT molecular complexity index is 488. The van der Waals surface area contributed by atoms with Gasteiger partial charge in [0, 0.05) is 19.1 Å². The van der Waals surface area contributed by atoms with Crippen molar-refractivity contribution in [1.29, 1.82) is 0 Å². The maximum absolute atomic E-state index is 12.8. The van der Waals surface area contributed by atoms with E-state index in [0.717, 1.165) is 19.3 Å². The molecule has 0 aromatic carbocycles. The molecular formula is C21H38N2O3. The highest BCUT2D eigenvalue weighted by molar-refractivity contribution is 5.86. The minimum absolute atomic E-state index is 0.0751. The standard InChI is InChI=1S/C19H32N2O3.C2H6/c1-18(2,3)24-17(23)21-12-9-15(13-21)20-16(22)19(10-11-19)14-7-5-4-6-8-14;1-2/h14-15H,4-13H2,1-3H3,(H,20,22);1-2H3. The van der Waals surface area contributed by atoms with Gasteiger partial charge in [0.2, 0.25) is 5.91 Å². The minimum Gasteiger partial charge on any atom is -0.444 e. The first-order valence-corrected chi connectivity index (χ1v) is 10.6. The van der Waals surface area contributed by atoms with Gasteiger partial charge in [-0.25, -0.2) is 4.79 Å². The maximum Gasteiger partial charge on any atom is 0.410 e. The van der Waals surface area contributed by atoms with Gasteiger partial charge in [-0.1, -0.05) is 33.1 Å². The molecule has 5 nitrogen and oxygen atoms in total. The number of nitrogens with zero attached hydrogens (tertiary/aromatic N) is 1. The molecule has 3 aliphatic rings. The summed E-state index contributed by atoms with van der Waals surface area (Å²) in [6.45, 7) is 10.9. The molecule has 0 aromatic rings. The fraction of sp³-hybridized carbons (Fsp3) is 0.905. The Balaban J connectivity index is 0.00000117. The van der Waals surface area contributed by atoms with Crippen LogP contribution in [0.1, 0.15) is 86.0 Å². The van der Waals surface area contributed by atoms with E-state index in [-0.39, 0.29) is 23.5 Å². The lowest BCUT2D eigenvalue weighted by Gasteiger charge is -2.30. The second-order valence-corrected chi connectivity index (χ2v) is 8.88. The highest BCUT2D eigenvalue weighted by Gasteiger charge is 2.55. The van der Waals surface area contributed by atoms with Crippen LogP contribution in [0.15, 0.2) is 0 Å². The maximum atomic E-state index is 12.8. The molecule has 1 saturated heterocycles. The van der Waals surface area contributed by atoms with Crippen molar-refractivity contribution in [1.82, 2.24) is 10.2 Å². The summed E-state index contributed by atoms with van der Waals surface area (Å²) in [6, 6.07) is 0.0751. The molecule has 1 unspecified atom stereocenters. The fourth-order valence-electron chi connectivity index (χ4n) is 4.31. The van der Waals surface area contributed by atoms with Crippen LogP contribution in [0.4, 0.5) is 4.79 Å². The molecule has 1 N–H and O–H groups in total. The van der Waals surface area contributed by atoms with Gasteiger partial charge in [-0.05, 0) is 58.8 Å². The summed E-state index contributed by atoms with van der Waals surface area (Å²) < 4.78 is 5.42. The molecule has 3 rings (SSSR count). The summed E-state index contributed by atoms with van der Waals surface area (Å²) in [5, 5.41) is 3.24. The van der Waals surface area contributed by atoms with Crippen molar-refractivity contribution in [2.24, 2.45) is 11.3 Å². The van der Waals surface area contributed by atoms with Crippen LogP contribution < -0.4 is 5.32 Å². The van der Waals surface area contributed by atoms with Crippen LogP contribution in [0, 0.1) is 11.3 Å². The van der Waals surface area contributed by atoms with Crippen LogP contribution in [-0.4, -0.2) is 41.6 Å². The number of amides is 2. The average Bonchev–Trinajstić information content (AvgIpc) is 3.29. The van der Waals surface area contributed by atoms with E-state index in [1.54, 1.807) is 4.90 Å². The number of ether oxygens (including phenoxy) is 1. The van der Waals surface area contributed by atoms with Crippen LogP contribution in [0.3, 0.4) is 0 Å². The normalized spacial score (nSPS) is 25.1. The van der Waals surface area contributed by atoms with Gasteiger partial charge in [0.25, 0.3) is 0 Å². The average molecular weight is 367 g/mol. The third-order valence-electron chi connectivity index (χ3n) is 5.80. The Morgan fingerprint density at radius 1 is 1.04 bits per heavy atom. The Hall–Kier alpha value is -1.26. The van der Waals surface area contributed by atoms with Crippen molar-refractivity contribution in [3.63, 3.8) is 0 Å². The number of carbonyl (C=O) groups excluding carboxylic acids is 2. The summed E-state index contributed by atoms with van der Waals surface area (Å²) >= 11 is 0. The predicted molar refractivity (Wildman–Crippen MR) is 104 cm³/mol. The number of rotatable bonds is 3. The molecule has 2 saturated carbocycles. The molecule has 150 valence electrons. The Kier molecular flexibility index (Phi) is 6.98. The van der Waals surface area contributed by atoms with Gasteiger partial charge in [-0.3, -0.25) is 4.79 Å². The first-order chi connectivity index (χ1) is 12.3. The molecule has 3 fully saturated rings. The predicted octanol–water partition coefficient (Wildman–Crippen LogP) is 4.50. The van der Waals surface area contributed by atoms with Gasteiger partial charge in [-0.2, -0.15) is 0 Å². The number of carbonyl (C=O) groups is 2. The van der Waals surface area contributed by atoms with E-state index in [1.165, 1.54) is 32.1 Å². The van der Waals surface area contributed by atoms with Crippen molar-refractivity contribution < 1.29 is 14.3 Å². The zero-order chi connectivity index (χ0) is 19.4. The molecule has 26 heavy (non-hydrogen) atoms. The number of hydrogen-bond acceptors (Lipinski definition) is 3. The van der Waals surface area contributed by atoms with Crippen molar-refractivity contribution in [2.45, 2.75) is 97.6 Å². The van der Waals surface area contributed by atoms with Crippen LogP contribution in [0.5, 0.6) is 0 Å². The van der Waals surface area contributed by atoms with E-state index in [1.807, 2.05) is 34.6 Å². The van der Waals surface area contributed by atoms with E-state index in [0.29, 0.717) is 19.0 Å². The molecule has 1 atom stereocenters. The van der Waals surface area contributed by atoms with Gasteiger partial charge in [0.15, 0.2) is 0 Å². The largest absolute Gasteiger partial charge is 0.444 e. The molecule has 0 bridgehead atoms. The third kappa shape index (κ3) is 5.14. The lowest BCUT2D eigenvalue weighted by molar-refractivity contribution is -0.129. The SMILES string of the molecule is CC.CC(C)(C)OC(=O)N1CCC(NC(=O)C2(C3CCCCC3)CC2)C1. The van der Waals surface area contributed by atoms with E-state index >= 15 is 0 Å². The highest BCUT2D eigenvalue weighted by atomic mass is 16.6. The van der Waals surface area contributed by atoms with Crippen molar-refractivity contribution in [3.8, 4) is 0 Å². The van der Waals surface area contributed by atoms with Crippen LogP contribution in [0.25, 0.3) is 0 Å². The molecule has 0 spiro atoms. The summed E-state index contributed by atoms with van der Waals surface area (Å²) in [7, 11) is 0. The topological polar surface area (TPSA) is 58.6 Å². The fourth-order valence-corrected chi connectivity index (χ4v) is 4.31. The smallest absolute Gasteiger partial charge is 0.410 e. The quantitative estimate of drug-likeness (QED) is 0.800. The van der Waals surface area contributed by atoms with Crippen LogP contribution >= 0.6 is 0 Å². The van der Waals surface area contributed by atoms with E-state index in [2.05, 4.69) is 5.32 Å². The minimum atomic E-state index is -0.475. The number of nitrogens with one attached hydrogen (secondary N) is 1. The molecular weight excluding hydrogens is 328 g/mol. The van der Waals surface area contributed by atoms with Crippen LogP contribution in [-0.2, 0) is 9.53 Å². The summed E-state index contributed by atoms with van der Waals surface area (Å²) in [6.07, 6.45) is 8.94. The van der Waals surface area contributed by atoms with Gasteiger partial charge in [0.1, 0.15) is 5.60 Å². The molecule has 2 aliphatic carbocycles. The third-order valence-corrected chi connectivity index (χ3v) is 5.80. The van der Waals surface area contributed by atoms with E-state index < -0.39 is 5.60 Å². The van der Waals surface area contributed by atoms with Crippen LogP contribution in [0.2, 0.25) is 0 Å². The Morgan fingerprint density at radius 2 is 1.65 bits per heavy atom. The first kappa shape index (κ1) is 21.0. The monoisotopic (exact) mass is 366 g/mol. The highest BCUT2D eigenvalue weighted by Crippen LogP contribution is 2.56. The van der Waals surface area contributed by atoms with Gasteiger partial charge in [-0.15, -0.1) is 0 Å². The second kappa shape index (κ2) is 8.62. The Labute approximate surface area is 159 Å². The van der Waals surface area contributed by atoms with Gasteiger partial charge < -0.3 is 15.0 Å². The van der Waals surface area contributed by atoms with Crippen molar-refractivity contribution >= 4 is 12.0 Å². The lowest BCUT2D eigenvalue weighted by atomic mass is 9.77. The second-order valence-electron chi connectivity index (χ2n) is 8.88.